The molecule has 1 heterocycles. The lowest BCUT2D eigenvalue weighted by atomic mass is 9.84. The van der Waals surface area contributed by atoms with E-state index in [0.717, 1.165) is 37.1 Å². The number of likely N-dealkylation sites (N-methyl/N-ethyl adjacent to an activating group) is 2. The van der Waals surface area contributed by atoms with Crippen molar-refractivity contribution >= 4 is 29.3 Å². The quantitative estimate of drug-likeness (QED) is 0.221. The summed E-state index contributed by atoms with van der Waals surface area (Å²) in [5, 5.41) is 6.07. The second-order valence-corrected chi connectivity index (χ2v) is 12.5. The van der Waals surface area contributed by atoms with Gasteiger partial charge in [-0.15, -0.1) is 0 Å². The molecule has 2 N–H and O–H groups in total. The van der Waals surface area contributed by atoms with Crippen LogP contribution in [-0.4, -0.2) is 79.2 Å². The van der Waals surface area contributed by atoms with E-state index in [9.17, 15) is 19.2 Å². The molecule has 2 amide bonds. The van der Waals surface area contributed by atoms with Gasteiger partial charge in [0.1, 0.15) is 19.1 Å². The van der Waals surface area contributed by atoms with Crippen LogP contribution in [0.5, 0.6) is 0 Å². The van der Waals surface area contributed by atoms with Gasteiger partial charge in [-0.1, -0.05) is 59.2 Å². The predicted octanol–water partition coefficient (Wildman–Crippen LogP) is 4.18. The Morgan fingerprint density at radius 2 is 1.76 bits per heavy atom. The average Bonchev–Trinajstić information content (AvgIpc) is 2.92. The third-order valence-electron chi connectivity index (χ3n) is 7.76. The predicted molar refractivity (Wildman–Crippen MR) is 162 cm³/mol. The van der Waals surface area contributed by atoms with E-state index in [0.29, 0.717) is 5.57 Å². The van der Waals surface area contributed by atoms with E-state index in [4.69, 9.17) is 4.74 Å². The molecule has 1 aliphatic rings. The highest BCUT2D eigenvalue weighted by Crippen LogP contribution is 2.25. The Labute approximate surface area is 246 Å². The molecule has 3 atom stereocenters. The van der Waals surface area contributed by atoms with Crippen molar-refractivity contribution in [1.29, 1.82) is 0 Å². The van der Waals surface area contributed by atoms with Gasteiger partial charge in [-0.2, -0.15) is 0 Å². The summed E-state index contributed by atoms with van der Waals surface area (Å²) in [6, 6.07) is 6.08. The third-order valence-corrected chi connectivity index (χ3v) is 7.76. The summed E-state index contributed by atoms with van der Waals surface area (Å²) in [5.74, 6) is -1.32. The molecule has 0 aliphatic carbocycles. The van der Waals surface area contributed by atoms with Gasteiger partial charge >= 0.3 is 5.97 Å². The first kappa shape index (κ1) is 34.0. The van der Waals surface area contributed by atoms with Crippen molar-refractivity contribution in [2.75, 3.05) is 33.0 Å². The molecule has 1 fully saturated rings. The molecule has 0 saturated carbocycles. The van der Waals surface area contributed by atoms with Gasteiger partial charge in [0.2, 0.25) is 11.8 Å². The Morgan fingerprint density at radius 3 is 2.29 bits per heavy atom. The number of esters is 1. The van der Waals surface area contributed by atoms with Crippen LogP contribution in [0.25, 0.3) is 0 Å². The number of carbonyl (C=O) groups is 4. The van der Waals surface area contributed by atoms with Crippen molar-refractivity contribution in [3.8, 4) is 0 Å². The van der Waals surface area contributed by atoms with Crippen LogP contribution >= 0.6 is 0 Å². The molecule has 228 valence electrons. The van der Waals surface area contributed by atoms with E-state index in [1.165, 1.54) is 0 Å². The van der Waals surface area contributed by atoms with Gasteiger partial charge < -0.3 is 20.3 Å². The zero-order valence-corrected chi connectivity index (χ0v) is 26.4. The maximum atomic E-state index is 13.8. The lowest BCUT2D eigenvalue weighted by Gasteiger charge is -2.39. The molecule has 9 heteroatoms. The number of anilines is 1. The Hall–Kier alpha value is -3.20. The largest absolute Gasteiger partial charge is 0.460 e. The van der Waals surface area contributed by atoms with Gasteiger partial charge in [0.25, 0.3) is 0 Å². The van der Waals surface area contributed by atoms with Crippen molar-refractivity contribution in [2.45, 2.75) is 92.0 Å². The second-order valence-electron chi connectivity index (χ2n) is 12.5. The van der Waals surface area contributed by atoms with Gasteiger partial charge in [-0.25, -0.2) is 0 Å². The number of nitrogens with one attached hydrogen (secondary N) is 2. The molecule has 1 aliphatic heterocycles. The van der Waals surface area contributed by atoms with E-state index in [2.05, 4.69) is 10.6 Å². The van der Waals surface area contributed by atoms with Crippen molar-refractivity contribution in [1.82, 2.24) is 15.1 Å². The van der Waals surface area contributed by atoms with Crippen LogP contribution in [0.4, 0.5) is 5.69 Å². The number of amides is 2. The molecule has 9 nitrogen and oxygen atoms in total. The molecule has 0 aromatic heterocycles. The summed E-state index contributed by atoms with van der Waals surface area (Å²) in [7, 11) is 5.47. The maximum Gasteiger partial charge on any atom is 0.314 e. The second kappa shape index (κ2) is 15.1. The van der Waals surface area contributed by atoms with Crippen LogP contribution < -0.4 is 10.6 Å². The number of rotatable bonds is 12. The molecule has 0 spiro atoms. The first-order valence-electron chi connectivity index (χ1n) is 14.6. The zero-order chi connectivity index (χ0) is 30.9. The summed E-state index contributed by atoms with van der Waals surface area (Å²) < 4.78 is 5.31. The molecule has 1 saturated heterocycles. The van der Waals surface area contributed by atoms with Crippen LogP contribution in [0, 0.1) is 11.3 Å². The lowest BCUT2D eigenvalue weighted by molar-refractivity contribution is -0.146. The molecule has 1 aromatic rings. The van der Waals surface area contributed by atoms with Crippen molar-refractivity contribution in [3.63, 3.8) is 0 Å². The smallest absolute Gasteiger partial charge is 0.314 e. The fourth-order valence-electron chi connectivity index (χ4n) is 5.00. The number of allylic oxidation sites excluding steroid dienone is 1. The Kier molecular flexibility index (Phi) is 12.6. The highest BCUT2D eigenvalue weighted by molar-refractivity contribution is 6.05. The van der Waals surface area contributed by atoms with E-state index in [1.54, 1.807) is 24.9 Å². The first-order chi connectivity index (χ1) is 19.1. The SMILES string of the molecule is CNc1ccc(COC(=O)CC(=O)/C(C)=C/C(C(C)C)N(C)C(=O)[C@@H](NC(=O)C2CCCCN2C)C(C)(C)C)cc1. The maximum absolute atomic E-state index is 13.8. The van der Waals surface area contributed by atoms with Gasteiger partial charge in [-0.3, -0.25) is 24.1 Å². The summed E-state index contributed by atoms with van der Waals surface area (Å²) in [6.45, 7) is 12.3. The van der Waals surface area contributed by atoms with Crippen molar-refractivity contribution < 1.29 is 23.9 Å². The zero-order valence-electron chi connectivity index (χ0n) is 26.4. The summed E-state index contributed by atoms with van der Waals surface area (Å²) in [4.78, 5) is 56.0. The highest BCUT2D eigenvalue weighted by atomic mass is 16.5. The third kappa shape index (κ3) is 9.99. The molecule has 0 radical (unpaired) electrons. The fourth-order valence-corrected chi connectivity index (χ4v) is 5.00. The van der Waals surface area contributed by atoms with Gasteiger partial charge in [0.15, 0.2) is 5.78 Å². The van der Waals surface area contributed by atoms with Crippen LogP contribution in [0.2, 0.25) is 0 Å². The van der Waals surface area contributed by atoms with Gasteiger partial charge in [-0.05, 0) is 68.0 Å². The normalized spacial score (nSPS) is 17.9. The van der Waals surface area contributed by atoms with E-state index in [-0.39, 0.29) is 42.6 Å². The number of hydrogen-bond acceptors (Lipinski definition) is 7. The van der Waals surface area contributed by atoms with Crippen LogP contribution in [0.3, 0.4) is 0 Å². The summed E-state index contributed by atoms with van der Waals surface area (Å²) in [5.41, 5.74) is 1.64. The number of ether oxygens (including phenoxy) is 1. The van der Waals surface area contributed by atoms with Crippen molar-refractivity contribution in [3.05, 3.63) is 41.5 Å². The number of nitrogens with zero attached hydrogens (tertiary/aromatic N) is 2. The highest BCUT2D eigenvalue weighted by Gasteiger charge is 2.39. The minimum Gasteiger partial charge on any atom is -0.460 e. The van der Waals surface area contributed by atoms with E-state index < -0.39 is 23.5 Å². The number of likely N-dealkylation sites (tertiary alicyclic amines) is 1. The standard InChI is InChI=1S/C32H50N4O5/c1-21(2)26(18-22(3)27(37)19-28(38)41-20-23-13-15-24(33-7)16-14-23)36(9)31(40)29(32(4,5)6)34-30(39)25-12-10-11-17-35(25)8/h13-16,18,21,25-26,29,33H,10-12,17,19-20H2,1-9H3,(H,34,39)/b22-18+/t25?,26?,29-/m1/s1. The van der Waals surface area contributed by atoms with Gasteiger partial charge in [0, 0.05) is 19.8 Å². The van der Waals surface area contributed by atoms with Gasteiger partial charge in [0.05, 0.1) is 12.1 Å². The lowest BCUT2D eigenvalue weighted by Crippen LogP contribution is -2.59. The van der Waals surface area contributed by atoms with E-state index in [1.807, 2.05) is 77.9 Å². The van der Waals surface area contributed by atoms with E-state index >= 15 is 0 Å². The minimum absolute atomic E-state index is 0.0139. The topological polar surface area (TPSA) is 108 Å². The number of hydrogen-bond donors (Lipinski definition) is 2. The Bertz CT molecular complexity index is 1090. The Balaban J connectivity index is 2.09. The minimum atomic E-state index is -0.738. The average molecular weight is 571 g/mol. The molecule has 0 bridgehead atoms. The van der Waals surface area contributed by atoms with Crippen molar-refractivity contribution in [2.24, 2.45) is 11.3 Å². The fraction of sp³-hybridized carbons (Fsp3) is 0.625. The summed E-state index contributed by atoms with van der Waals surface area (Å²) >= 11 is 0. The van der Waals surface area contributed by atoms with Crippen LogP contribution in [-0.2, 0) is 30.5 Å². The Morgan fingerprint density at radius 1 is 1.12 bits per heavy atom. The van der Waals surface area contributed by atoms with Crippen LogP contribution in [0.15, 0.2) is 35.9 Å². The monoisotopic (exact) mass is 570 g/mol. The first-order valence-corrected chi connectivity index (χ1v) is 14.6. The molecular weight excluding hydrogens is 520 g/mol. The van der Waals surface area contributed by atoms with Crippen LogP contribution in [0.1, 0.15) is 72.8 Å². The molecular formula is C32H50N4O5. The molecule has 1 aromatic carbocycles. The number of Topliss-reactive ketones (excluding diaryl/α,β-unsaturated/α-hetero) is 1. The molecule has 2 rings (SSSR count). The number of carbonyl (C=O) groups excluding carboxylic acids is 4. The summed E-state index contributed by atoms with van der Waals surface area (Å²) in [6.07, 6.45) is 4.18. The molecule has 2 unspecified atom stereocenters. The molecule has 41 heavy (non-hydrogen) atoms. The number of benzene rings is 1. The number of piperidine rings is 1. The number of ketones is 1.